The first-order chi connectivity index (χ1) is 17.1. The van der Waals surface area contributed by atoms with Gasteiger partial charge in [0.25, 0.3) is 0 Å². The Morgan fingerprint density at radius 3 is 1.18 bits per heavy atom. The molecular weight excluding hydrogens is 699 g/mol. The van der Waals surface area contributed by atoms with Crippen molar-refractivity contribution in [1.82, 2.24) is 0 Å². The number of hydrogen-bond donors (Lipinski definition) is 0. The summed E-state index contributed by atoms with van der Waals surface area (Å²) in [6.07, 6.45) is 8.74. The van der Waals surface area contributed by atoms with Crippen LogP contribution in [0.3, 0.4) is 0 Å². The van der Waals surface area contributed by atoms with Crippen molar-refractivity contribution in [2.24, 2.45) is 9.98 Å². The molecule has 4 nitrogen and oxygen atoms in total. The maximum Gasteiger partial charge on any atom is 2.00 e. The summed E-state index contributed by atoms with van der Waals surface area (Å²) >= 11 is 0. The molecule has 2 aromatic rings. The summed E-state index contributed by atoms with van der Waals surface area (Å²) in [6, 6.07) is 21.3. The zero-order valence-electron chi connectivity index (χ0n) is 23.1. The quantitative estimate of drug-likeness (QED) is 0.314. The number of hydrogen-bond acceptors (Lipinski definition) is 4. The van der Waals surface area contributed by atoms with Crippen molar-refractivity contribution in [1.29, 1.82) is 0 Å². The van der Waals surface area contributed by atoms with Crippen molar-refractivity contribution < 1.29 is 63.9 Å². The predicted octanol–water partition coefficient (Wildman–Crippen LogP) is 2.40. The number of benzene rings is 2. The van der Waals surface area contributed by atoms with Gasteiger partial charge in [-0.2, -0.15) is 0 Å². The summed E-state index contributed by atoms with van der Waals surface area (Å²) in [5.74, 6) is 1.55. The van der Waals surface area contributed by atoms with Crippen LogP contribution < -0.4 is 34.0 Å². The van der Waals surface area contributed by atoms with E-state index in [2.05, 4.69) is 88.4 Å². The zero-order chi connectivity index (χ0) is 24.7. The van der Waals surface area contributed by atoms with Crippen molar-refractivity contribution in [3.63, 3.8) is 0 Å². The van der Waals surface area contributed by atoms with Gasteiger partial charge < -0.3 is 43.4 Å². The normalized spacial score (nSPS) is 20.5. The summed E-state index contributed by atoms with van der Waals surface area (Å²) in [7, 11) is 0. The van der Waals surface area contributed by atoms with Crippen molar-refractivity contribution in [3.8, 4) is 0 Å². The Morgan fingerprint density at radius 1 is 0.579 bits per heavy atom. The molecule has 2 aromatic carbocycles. The summed E-state index contributed by atoms with van der Waals surface area (Å²) in [4.78, 5) is 10.4. The number of nitrogens with zero attached hydrogens (tertiary/aromatic N) is 2. The van der Waals surface area contributed by atoms with E-state index in [0.717, 1.165) is 63.2 Å². The molecule has 0 unspecified atom stereocenters. The second-order valence-corrected chi connectivity index (χ2v) is 10.2. The fraction of sp³-hybridized carbons (Fsp3) is 0.548. The first-order valence-corrected chi connectivity index (χ1v) is 13.7. The molecule has 0 spiro atoms. The van der Waals surface area contributed by atoms with Crippen LogP contribution in [0.1, 0.15) is 109 Å². The van der Waals surface area contributed by atoms with Gasteiger partial charge in [-0.15, -0.1) is 0 Å². The van der Waals surface area contributed by atoms with Gasteiger partial charge in [0.2, 0.25) is 0 Å². The van der Waals surface area contributed by atoms with Crippen LogP contribution in [0, 0.1) is 0 Å². The Balaban J connectivity index is 0.00000241. The molecule has 0 bridgehead atoms. The van der Waals surface area contributed by atoms with Crippen molar-refractivity contribution >= 4 is 11.8 Å². The summed E-state index contributed by atoms with van der Waals surface area (Å²) in [5.41, 5.74) is 1.88. The van der Waals surface area contributed by atoms with Gasteiger partial charge in [-0.1, -0.05) is 114 Å². The van der Waals surface area contributed by atoms with E-state index in [-0.39, 0.29) is 77.7 Å². The summed E-state index contributed by atoms with van der Waals surface area (Å²) in [6.45, 7) is 8.94. The van der Waals surface area contributed by atoms with E-state index in [1.54, 1.807) is 0 Å². The molecule has 0 aliphatic carbocycles. The molecule has 0 saturated heterocycles. The van der Waals surface area contributed by atoms with Crippen LogP contribution in [-0.4, -0.2) is 23.0 Å². The molecule has 38 heavy (non-hydrogen) atoms. The van der Waals surface area contributed by atoms with Gasteiger partial charge in [-0.3, -0.25) is 0 Å². The van der Waals surface area contributed by atoms with E-state index in [9.17, 15) is 0 Å². The van der Waals surface area contributed by atoms with Crippen molar-refractivity contribution in [2.45, 2.75) is 109 Å². The minimum atomic E-state index is -0.290. The molecule has 4 rings (SSSR count). The smallest absolute Gasteiger partial charge is 1.00 e. The zero-order valence-corrected chi connectivity index (χ0v) is 27.8. The Kier molecular flexibility index (Phi) is 15.0. The van der Waals surface area contributed by atoms with E-state index in [4.69, 9.17) is 19.5 Å². The monoisotopic (exact) mass is 738 g/mol. The molecule has 0 fully saturated rings. The SMILES string of the molecule is CCCC1(CCC)OC(CC2=N[C@H](c3ccccc3)C(CCC)(CCC)O2)=N[C@@H]1c1ccccc1.[Br-].[Br-].[Pd+2]. The third-order valence-corrected chi connectivity index (χ3v) is 7.41. The third-order valence-electron chi connectivity index (χ3n) is 7.41. The molecule has 0 radical (unpaired) electrons. The first kappa shape index (κ1) is 35.0. The molecule has 2 heterocycles. The summed E-state index contributed by atoms with van der Waals surface area (Å²) in [5, 5.41) is 0. The molecule has 212 valence electrons. The van der Waals surface area contributed by atoms with Crippen LogP contribution in [-0.2, 0) is 29.9 Å². The Morgan fingerprint density at radius 2 is 0.895 bits per heavy atom. The van der Waals surface area contributed by atoms with Gasteiger partial charge in [0.05, 0.1) is 6.42 Å². The largest absolute Gasteiger partial charge is 2.00 e. The van der Waals surface area contributed by atoms with Gasteiger partial charge in [0.1, 0.15) is 23.3 Å². The molecule has 2 aliphatic heterocycles. The second kappa shape index (κ2) is 16.3. The number of rotatable bonds is 12. The fourth-order valence-corrected chi connectivity index (χ4v) is 6.17. The number of aliphatic imine (C=N–C) groups is 2. The van der Waals surface area contributed by atoms with E-state index in [1.807, 2.05) is 0 Å². The van der Waals surface area contributed by atoms with Gasteiger partial charge in [-0.25, -0.2) is 9.98 Å². The van der Waals surface area contributed by atoms with E-state index >= 15 is 0 Å². The molecule has 0 saturated carbocycles. The molecule has 0 amide bonds. The van der Waals surface area contributed by atoms with Crippen LogP contribution in [0.15, 0.2) is 70.6 Å². The molecule has 0 N–H and O–H groups in total. The average molecular weight is 741 g/mol. The van der Waals surface area contributed by atoms with Crippen molar-refractivity contribution in [3.05, 3.63) is 71.8 Å². The predicted molar refractivity (Wildman–Crippen MR) is 145 cm³/mol. The first-order valence-electron chi connectivity index (χ1n) is 13.7. The van der Waals surface area contributed by atoms with Gasteiger partial charge in [0.15, 0.2) is 11.8 Å². The maximum absolute atomic E-state index is 6.78. The van der Waals surface area contributed by atoms with Crippen molar-refractivity contribution in [2.75, 3.05) is 0 Å². The topological polar surface area (TPSA) is 43.2 Å². The standard InChI is InChI=1S/C31H42N2O2.2BrH.Pd/c1-5-19-30(20-6-2)28(24-15-11-9-12-16-24)32-26(34-30)23-27-33-29(25-17-13-10-14-18-25)31(35-27,21-7-3)22-8-4;;;/h9-18,28-29H,5-8,19-23H2,1-4H3;2*1H;/q;;;+2/p-2/t28-,29-;;;/m1.../s1. The maximum atomic E-state index is 6.78. The van der Waals surface area contributed by atoms with Crippen LogP contribution in [0.4, 0.5) is 0 Å². The van der Waals surface area contributed by atoms with Crippen LogP contribution in [0.2, 0.25) is 0 Å². The third kappa shape index (κ3) is 7.59. The van der Waals surface area contributed by atoms with Crippen LogP contribution >= 0.6 is 0 Å². The van der Waals surface area contributed by atoms with Gasteiger partial charge >= 0.3 is 20.4 Å². The van der Waals surface area contributed by atoms with Gasteiger partial charge in [0, 0.05) is 0 Å². The van der Waals surface area contributed by atoms with E-state index < -0.39 is 0 Å². The van der Waals surface area contributed by atoms with E-state index in [1.165, 1.54) is 11.1 Å². The fourth-order valence-electron chi connectivity index (χ4n) is 6.17. The molecule has 0 aromatic heterocycles. The van der Waals surface area contributed by atoms with Crippen LogP contribution in [0.5, 0.6) is 0 Å². The summed E-state index contributed by atoms with van der Waals surface area (Å²) < 4.78 is 13.6. The second-order valence-electron chi connectivity index (χ2n) is 10.2. The minimum Gasteiger partial charge on any atom is -1.00 e. The van der Waals surface area contributed by atoms with Gasteiger partial charge in [-0.05, 0) is 36.8 Å². The Labute approximate surface area is 264 Å². The Bertz CT molecular complexity index is 924. The molecule has 2 aliphatic rings. The molecule has 2 atom stereocenters. The Hall–Kier alpha value is -0.998. The minimum absolute atomic E-state index is 0. The number of ether oxygens (including phenoxy) is 2. The average Bonchev–Trinajstić information content (AvgIpc) is 3.39. The molecular formula is C31H42Br2N2O2Pd. The van der Waals surface area contributed by atoms with E-state index in [0.29, 0.717) is 6.42 Å². The molecule has 7 heteroatoms. The van der Waals surface area contributed by atoms with Crippen LogP contribution in [0.25, 0.3) is 0 Å². The number of halogens is 2.